The van der Waals surface area contributed by atoms with Gasteiger partial charge in [-0.2, -0.15) is 0 Å². The van der Waals surface area contributed by atoms with Crippen LogP contribution in [-0.4, -0.2) is 75.3 Å². The third-order valence-corrected chi connectivity index (χ3v) is 3.55. The molecule has 2 N–H and O–H groups in total. The van der Waals surface area contributed by atoms with Crippen LogP contribution < -0.4 is 10.2 Å². The normalized spacial score (nSPS) is 11.5. The number of hydrogen-bond donors (Lipinski definition) is 2. The smallest absolute Gasteiger partial charge is 0.279 e. The second-order valence-corrected chi connectivity index (χ2v) is 6.26. The van der Waals surface area contributed by atoms with E-state index in [1.165, 1.54) is 9.80 Å². The molecular formula is C17H27N4O3+. The van der Waals surface area contributed by atoms with Crippen LogP contribution in [0.5, 0.6) is 0 Å². The number of benzene rings is 1. The lowest BCUT2D eigenvalue weighted by Gasteiger charge is -2.21. The van der Waals surface area contributed by atoms with E-state index in [1.54, 1.807) is 28.2 Å². The van der Waals surface area contributed by atoms with Gasteiger partial charge in [-0.05, 0) is 19.1 Å². The highest BCUT2D eigenvalue weighted by molar-refractivity contribution is 5.91. The summed E-state index contributed by atoms with van der Waals surface area (Å²) in [6.45, 7) is 2.34. The number of aryl methyl sites for hydroxylation is 1. The Kier molecular flexibility index (Phi) is 7.38. The molecule has 0 fully saturated rings. The second-order valence-electron chi connectivity index (χ2n) is 6.26. The molecule has 0 aliphatic carbocycles. The average molecular weight is 335 g/mol. The van der Waals surface area contributed by atoms with Gasteiger partial charge >= 0.3 is 0 Å². The summed E-state index contributed by atoms with van der Waals surface area (Å²) in [6, 6.07) is 7.53. The molecule has 7 heteroatoms. The summed E-state index contributed by atoms with van der Waals surface area (Å²) in [5.41, 5.74) is 1.86. The van der Waals surface area contributed by atoms with Crippen molar-refractivity contribution in [2.45, 2.75) is 6.92 Å². The molecule has 0 saturated carbocycles. The van der Waals surface area contributed by atoms with Crippen LogP contribution in [0.3, 0.4) is 0 Å². The highest BCUT2D eigenvalue weighted by Gasteiger charge is 2.19. The Morgan fingerprint density at radius 1 is 1.00 bits per heavy atom. The van der Waals surface area contributed by atoms with Crippen LogP contribution in [0.4, 0.5) is 5.69 Å². The van der Waals surface area contributed by atoms with Gasteiger partial charge < -0.3 is 20.0 Å². The number of hydrogen-bond acceptors (Lipinski definition) is 3. The van der Waals surface area contributed by atoms with E-state index >= 15 is 0 Å². The summed E-state index contributed by atoms with van der Waals surface area (Å²) in [6.07, 6.45) is 0. The maximum Gasteiger partial charge on any atom is 0.279 e. The first-order valence-electron chi connectivity index (χ1n) is 7.81. The van der Waals surface area contributed by atoms with Crippen molar-refractivity contribution in [2.24, 2.45) is 0 Å². The van der Waals surface area contributed by atoms with Crippen molar-refractivity contribution in [3.63, 3.8) is 0 Å². The van der Waals surface area contributed by atoms with E-state index in [9.17, 15) is 14.4 Å². The van der Waals surface area contributed by atoms with Crippen LogP contribution in [0.1, 0.15) is 5.56 Å². The van der Waals surface area contributed by atoms with Gasteiger partial charge in [-0.3, -0.25) is 14.4 Å². The Hall–Kier alpha value is -2.41. The second kappa shape index (κ2) is 9.02. The number of nitrogens with one attached hydrogen (secondary N) is 2. The third-order valence-electron chi connectivity index (χ3n) is 3.55. The summed E-state index contributed by atoms with van der Waals surface area (Å²) in [4.78, 5) is 39.3. The number of amides is 3. The Morgan fingerprint density at radius 2 is 1.58 bits per heavy atom. The molecule has 1 aromatic carbocycles. The molecule has 1 atom stereocenters. The highest BCUT2D eigenvalue weighted by atomic mass is 16.2. The lowest BCUT2D eigenvalue weighted by molar-refractivity contribution is -0.862. The van der Waals surface area contributed by atoms with Gasteiger partial charge in [0.05, 0.1) is 13.6 Å². The van der Waals surface area contributed by atoms with Crippen molar-refractivity contribution in [3.05, 3.63) is 29.8 Å². The maximum absolute atomic E-state index is 12.1. The fourth-order valence-corrected chi connectivity index (χ4v) is 2.00. The topological polar surface area (TPSA) is 74.2 Å². The Balaban J connectivity index is 2.42. The van der Waals surface area contributed by atoms with Gasteiger partial charge in [0, 0.05) is 26.8 Å². The summed E-state index contributed by atoms with van der Waals surface area (Å²) in [7, 11) is 6.65. The van der Waals surface area contributed by atoms with Crippen molar-refractivity contribution in [2.75, 3.05) is 53.1 Å². The number of carbonyl (C=O) groups excluding carboxylic acids is 3. The summed E-state index contributed by atoms with van der Waals surface area (Å²) >= 11 is 0. The highest BCUT2D eigenvalue weighted by Crippen LogP contribution is 2.07. The molecule has 0 spiro atoms. The zero-order chi connectivity index (χ0) is 18.3. The molecule has 132 valence electrons. The van der Waals surface area contributed by atoms with Crippen molar-refractivity contribution in [3.8, 4) is 0 Å². The number of carbonyl (C=O) groups is 3. The first-order chi connectivity index (χ1) is 11.2. The molecular weight excluding hydrogens is 308 g/mol. The Labute approximate surface area is 143 Å². The van der Waals surface area contributed by atoms with E-state index < -0.39 is 0 Å². The van der Waals surface area contributed by atoms with E-state index in [2.05, 4.69) is 5.32 Å². The number of nitrogens with zero attached hydrogens (tertiary/aromatic N) is 2. The summed E-state index contributed by atoms with van der Waals surface area (Å²) in [5, 5.41) is 2.80. The minimum Gasteiger partial charge on any atom is -0.347 e. The largest absolute Gasteiger partial charge is 0.347 e. The van der Waals surface area contributed by atoms with Crippen molar-refractivity contribution >= 4 is 23.4 Å². The molecule has 0 aromatic heterocycles. The van der Waals surface area contributed by atoms with Gasteiger partial charge in [-0.15, -0.1) is 0 Å². The summed E-state index contributed by atoms with van der Waals surface area (Å²) in [5.74, 6) is -0.470. The van der Waals surface area contributed by atoms with E-state index in [-0.39, 0.29) is 37.4 Å². The molecule has 0 aliphatic heterocycles. The monoisotopic (exact) mass is 335 g/mol. The SMILES string of the molecule is Cc1ccc(NC(=O)C[NH+](C)CC(=O)N(C)CC(=O)N(C)C)cc1. The zero-order valence-electron chi connectivity index (χ0n) is 15.0. The van der Waals surface area contributed by atoms with Crippen LogP contribution in [-0.2, 0) is 14.4 Å². The zero-order valence-corrected chi connectivity index (χ0v) is 15.0. The predicted molar refractivity (Wildman–Crippen MR) is 92.8 cm³/mol. The lowest BCUT2D eigenvalue weighted by Crippen LogP contribution is -3.11. The minimum atomic E-state index is -0.175. The average Bonchev–Trinajstić information content (AvgIpc) is 2.48. The van der Waals surface area contributed by atoms with Crippen LogP contribution in [0.25, 0.3) is 0 Å². The van der Waals surface area contributed by atoms with E-state index in [1.807, 2.05) is 31.2 Å². The van der Waals surface area contributed by atoms with Gasteiger partial charge in [0.2, 0.25) is 5.91 Å². The fourth-order valence-electron chi connectivity index (χ4n) is 2.00. The molecule has 0 radical (unpaired) electrons. The Bertz CT molecular complexity index is 584. The molecule has 24 heavy (non-hydrogen) atoms. The number of anilines is 1. The maximum atomic E-state index is 12.1. The van der Waals surface area contributed by atoms with Crippen LogP contribution in [0.2, 0.25) is 0 Å². The molecule has 7 nitrogen and oxygen atoms in total. The molecule has 3 amide bonds. The van der Waals surface area contributed by atoms with Gasteiger partial charge in [0.25, 0.3) is 11.8 Å². The van der Waals surface area contributed by atoms with Gasteiger partial charge in [0.15, 0.2) is 13.1 Å². The van der Waals surface area contributed by atoms with Crippen molar-refractivity contribution < 1.29 is 19.3 Å². The third kappa shape index (κ3) is 6.78. The standard InChI is InChI=1S/C17H26N4O3/c1-13-6-8-14(9-7-13)18-15(22)10-20(4)11-17(24)21(5)12-16(23)19(2)3/h6-9H,10-12H2,1-5H3,(H,18,22)/p+1. The van der Waals surface area contributed by atoms with Crippen LogP contribution in [0.15, 0.2) is 24.3 Å². The molecule has 1 rings (SSSR count). The van der Waals surface area contributed by atoms with E-state index in [4.69, 9.17) is 0 Å². The van der Waals surface area contributed by atoms with Gasteiger partial charge in [-0.25, -0.2) is 0 Å². The molecule has 0 saturated heterocycles. The number of quaternary nitrogens is 1. The first kappa shape index (κ1) is 19.6. The van der Waals surface area contributed by atoms with Crippen molar-refractivity contribution in [1.82, 2.24) is 9.80 Å². The molecule has 0 aliphatic rings. The predicted octanol–water partition coefficient (Wildman–Crippen LogP) is -1.01. The lowest BCUT2D eigenvalue weighted by atomic mass is 10.2. The Morgan fingerprint density at radius 3 is 2.12 bits per heavy atom. The number of rotatable bonds is 7. The molecule has 1 unspecified atom stereocenters. The van der Waals surface area contributed by atoms with Gasteiger partial charge in [0.1, 0.15) is 0 Å². The van der Waals surface area contributed by atoms with Crippen LogP contribution >= 0.6 is 0 Å². The van der Waals surface area contributed by atoms with Crippen molar-refractivity contribution in [1.29, 1.82) is 0 Å². The van der Waals surface area contributed by atoms with Crippen LogP contribution in [0, 0.1) is 6.92 Å². The minimum absolute atomic E-state index is 0.0364. The number of likely N-dealkylation sites (N-methyl/N-ethyl adjacent to an activating group) is 3. The quantitative estimate of drug-likeness (QED) is 0.671. The van der Waals surface area contributed by atoms with E-state index in [0.717, 1.165) is 16.2 Å². The molecule has 1 aromatic rings. The molecule has 0 bridgehead atoms. The van der Waals surface area contributed by atoms with Gasteiger partial charge in [-0.1, -0.05) is 17.7 Å². The fraction of sp³-hybridized carbons (Fsp3) is 0.471. The van der Waals surface area contributed by atoms with E-state index in [0.29, 0.717) is 0 Å². The summed E-state index contributed by atoms with van der Waals surface area (Å²) < 4.78 is 0. The first-order valence-corrected chi connectivity index (χ1v) is 7.81. The molecule has 0 heterocycles.